The molecule has 3 aliphatic rings. The molecule has 30 heavy (non-hydrogen) atoms. The molecule has 0 radical (unpaired) electrons. The summed E-state index contributed by atoms with van der Waals surface area (Å²) in [5.74, 6) is 0.677. The number of phenolic OH excluding ortho intramolecular Hbond substituents is 1. The van der Waals surface area contributed by atoms with E-state index in [1.54, 1.807) is 24.3 Å². The van der Waals surface area contributed by atoms with E-state index in [0.29, 0.717) is 29.2 Å². The van der Waals surface area contributed by atoms with Crippen molar-refractivity contribution < 1.29 is 28.9 Å². The summed E-state index contributed by atoms with van der Waals surface area (Å²) in [6.45, 7) is 0. The summed E-state index contributed by atoms with van der Waals surface area (Å²) in [7, 11) is 1.49. The molecule has 156 valence electrons. The molecular formula is C24H24O6. The molecule has 0 bridgehead atoms. The maximum atomic E-state index is 13.0. The van der Waals surface area contributed by atoms with Gasteiger partial charge in [0.2, 0.25) is 0 Å². The maximum absolute atomic E-state index is 13.0. The number of ether oxygens (including phenoxy) is 3. The lowest BCUT2D eigenvalue weighted by atomic mass is 9.76. The van der Waals surface area contributed by atoms with Gasteiger partial charge in [0.15, 0.2) is 17.3 Å². The lowest BCUT2D eigenvalue weighted by Gasteiger charge is -2.42. The molecule has 5 rings (SSSR count). The van der Waals surface area contributed by atoms with E-state index in [2.05, 4.69) is 0 Å². The minimum atomic E-state index is -0.467. The van der Waals surface area contributed by atoms with Crippen molar-refractivity contribution in [2.45, 2.75) is 56.5 Å². The number of aromatic hydroxyl groups is 1. The lowest BCUT2D eigenvalue weighted by Crippen LogP contribution is -2.44. The van der Waals surface area contributed by atoms with Crippen LogP contribution >= 0.6 is 0 Å². The van der Waals surface area contributed by atoms with Crippen LogP contribution in [0.25, 0.3) is 0 Å². The smallest absolute Gasteiger partial charge is 0.312 e. The highest BCUT2D eigenvalue weighted by molar-refractivity contribution is 6.01. The predicted octanol–water partition coefficient (Wildman–Crippen LogP) is 4.51. The zero-order chi connectivity index (χ0) is 20.9. The van der Waals surface area contributed by atoms with Crippen molar-refractivity contribution in [3.8, 4) is 23.0 Å². The Kier molecular flexibility index (Phi) is 4.45. The monoisotopic (exact) mass is 408 g/mol. The molecule has 1 N–H and O–H groups in total. The molecule has 2 heterocycles. The molecule has 1 aliphatic carbocycles. The Morgan fingerprint density at radius 2 is 1.90 bits per heavy atom. The van der Waals surface area contributed by atoms with E-state index in [4.69, 9.17) is 14.2 Å². The van der Waals surface area contributed by atoms with Gasteiger partial charge in [-0.2, -0.15) is 0 Å². The van der Waals surface area contributed by atoms with Crippen LogP contribution in [0.15, 0.2) is 30.3 Å². The zero-order valence-corrected chi connectivity index (χ0v) is 16.9. The van der Waals surface area contributed by atoms with E-state index in [0.717, 1.165) is 43.2 Å². The van der Waals surface area contributed by atoms with Gasteiger partial charge in [0, 0.05) is 11.5 Å². The molecule has 0 saturated heterocycles. The van der Waals surface area contributed by atoms with Crippen LogP contribution in [0.4, 0.5) is 0 Å². The minimum Gasteiger partial charge on any atom is -0.504 e. The third kappa shape index (κ3) is 3.02. The molecule has 1 fully saturated rings. The molecule has 1 spiro atoms. The highest BCUT2D eigenvalue weighted by atomic mass is 16.5. The number of ketones is 1. The zero-order valence-electron chi connectivity index (χ0n) is 16.9. The summed E-state index contributed by atoms with van der Waals surface area (Å²) >= 11 is 0. The molecule has 1 saturated carbocycles. The lowest BCUT2D eigenvalue weighted by molar-refractivity contribution is -0.135. The average molecular weight is 408 g/mol. The van der Waals surface area contributed by atoms with Gasteiger partial charge in [0.25, 0.3) is 0 Å². The van der Waals surface area contributed by atoms with Gasteiger partial charge in [-0.25, -0.2) is 0 Å². The second-order valence-corrected chi connectivity index (χ2v) is 8.46. The second-order valence-electron chi connectivity index (χ2n) is 8.46. The highest BCUT2D eigenvalue weighted by Gasteiger charge is 2.44. The number of esters is 1. The first-order valence-corrected chi connectivity index (χ1v) is 10.5. The van der Waals surface area contributed by atoms with E-state index >= 15 is 0 Å². The van der Waals surface area contributed by atoms with Crippen molar-refractivity contribution in [1.82, 2.24) is 0 Å². The van der Waals surface area contributed by atoms with Gasteiger partial charge in [-0.1, -0.05) is 12.5 Å². The number of phenols is 1. The van der Waals surface area contributed by atoms with Gasteiger partial charge in [-0.15, -0.1) is 0 Å². The molecule has 2 aromatic carbocycles. The van der Waals surface area contributed by atoms with Gasteiger partial charge in [-0.05, 0) is 55.5 Å². The molecule has 0 aromatic heterocycles. The van der Waals surface area contributed by atoms with E-state index in [-0.39, 0.29) is 29.8 Å². The van der Waals surface area contributed by atoms with Crippen molar-refractivity contribution in [1.29, 1.82) is 0 Å². The molecule has 0 unspecified atom stereocenters. The quantitative estimate of drug-likeness (QED) is 0.582. The molecule has 2 aliphatic heterocycles. The molecule has 1 atom stereocenters. The van der Waals surface area contributed by atoms with Crippen molar-refractivity contribution in [3.63, 3.8) is 0 Å². The number of hydrogen-bond donors (Lipinski definition) is 1. The van der Waals surface area contributed by atoms with Gasteiger partial charge < -0.3 is 19.3 Å². The summed E-state index contributed by atoms with van der Waals surface area (Å²) < 4.78 is 17.3. The summed E-state index contributed by atoms with van der Waals surface area (Å²) in [6, 6.07) is 8.49. The van der Waals surface area contributed by atoms with Gasteiger partial charge >= 0.3 is 5.97 Å². The van der Waals surface area contributed by atoms with Crippen molar-refractivity contribution >= 4 is 11.8 Å². The SMILES string of the molecule is COc1ccc([C@@H]2CC(=O)Oc3ccc4c(c32)OC2(CCCCC2)CC4=O)cc1O. The fourth-order valence-corrected chi connectivity index (χ4v) is 5.09. The van der Waals surface area contributed by atoms with E-state index in [1.165, 1.54) is 7.11 Å². The van der Waals surface area contributed by atoms with Crippen LogP contribution < -0.4 is 14.2 Å². The van der Waals surface area contributed by atoms with Gasteiger partial charge in [-0.3, -0.25) is 9.59 Å². The fraction of sp³-hybridized carbons (Fsp3) is 0.417. The topological polar surface area (TPSA) is 82.1 Å². The molecular weight excluding hydrogens is 384 g/mol. The Morgan fingerprint density at radius 3 is 2.63 bits per heavy atom. The van der Waals surface area contributed by atoms with Crippen molar-refractivity contribution in [2.24, 2.45) is 0 Å². The summed E-state index contributed by atoms with van der Waals surface area (Å²) in [6.07, 6.45) is 5.47. The number of hydrogen-bond acceptors (Lipinski definition) is 6. The van der Waals surface area contributed by atoms with Crippen LogP contribution in [0, 0.1) is 0 Å². The van der Waals surface area contributed by atoms with Crippen LogP contribution in [0.5, 0.6) is 23.0 Å². The number of carbonyl (C=O) groups excluding carboxylic acids is 2. The third-order valence-electron chi connectivity index (χ3n) is 6.57. The Labute approximate surface area is 174 Å². The summed E-state index contributed by atoms with van der Waals surface area (Å²) in [4.78, 5) is 25.4. The first kappa shape index (κ1) is 19.0. The Bertz CT molecular complexity index is 1030. The number of Topliss-reactive ketones (excluding diaryl/α,β-unsaturated/α-hetero) is 1. The van der Waals surface area contributed by atoms with Crippen LogP contribution in [-0.2, 0) is 4.79 Å². The van der Waals surface area contributed by atoms with Gasteiger partial charge in [0.1, 0.15) is 17.1 Å². The number of benzene rings is 2. The largest absolute Gasteiger partial charge is 0.504 e. The van der Waals surface area contributed by atoms with E-state index < -0.39 is 5.60 Å². The second kappa shape index (κ2) is 7.04. The van der Waals surface area contributed by atoms with Crippen LogP contribution in [-0.4, -0.2) is 29.6 Å². The fourth-order valence-electron chi connectivity index (χ4n) is 5.09. The normalized spacial score (nSPS) is 22.0. The van der Waals surface area contributed by atoms with Crippen molar-refractivity contribution in [3.05, 3.63) is 47.0 Å². The third-order valence-corrected chi connectivity index (χ3v) is 6.57. The number of rotatable bonds is 2. The van der Waals surface area contributed by atoms with Crippen molar-refractivity contribution in [2.75, 3.05) is 7.11 Å². The van der Waals surface area contributed by atoms with Crippen LogP contribution in [0.3, 0.4) is 0 Å². The minimum absolute atomic E-state index is 0.000958. The first-order chi connectivity index (χ1) is 14.5. The standard InChI is InChI=1S/C24H24O6/c1-28-19-7-5-14(11-17(19)25)16-12-21(27)29-20-8-6-15-18(26)13-24(9-3-2-4-10-24)30-23(15)22(16)20/h5-8,11,16,25H,2-4,9-10,12-13H2,1H3/t16-/m0/s1. The highest BCUT2D eigenvalue weighted by Crippen LogP contribution is 2.51. The molecule has 2 aromatic rings. The molecule has 0 amide bonds. The van der Waals surface area contributed by atoms with E-state index in [9.17, 15) is 14.7 Å². The number of fused-ring (bicyclic) bond motifs is 3. The average Bonchev–Trinajstić information content (AvgIpc) is 2.73. The molecule has 6 heteroatoms. The maximum Gasteiger partial charge on any atom is 0.312 e. The Balaban J connectivity index is 1.65. The van der Waals surface area contributed by atoms with E-state index in [1.807, 2.05) is 6.07 Å². The van der Waals surface area contributed by atoms with Crippen LogP contribution in [0.2, 0.25) is 0 Å². The number of carbonyl (C=O) groups is 2. The molecule has 6 nitrogen and oxygen atoms in total. The number of methoxy groups -OCH3 is 1. The predicted molar refractivity (Wildman–Crippen MR) is 109 cm³/mol. The first-order valence-electron chi connectivity index (χ1n) is 10.5. The Hall–Kier alpha value is -3.02. The summed E-state index contributed by atoms with van der Waals surface area (Å²) in [5.41, 5.74) is 1.55. The van der Waals surface area contributed by atoms with Crippen LogP contribution in [0.1, 0.15) is 72.3 Å². The van der Waals surface area contributed by atoms with Gasteiger partial charge in [0.05, 0.1) is 25.5 Å². The Morgan fingerprint density at radius 1 is 1.10 bits per heavy atom. The summed E-state index contributed by atoms with van der Waals surface area (Å²) in [5, 5.41) is 10.3.